The molecule has 0 aliphatic heterocycles. The zero-order valence-electron chi connectivity index (χ0n) is 19.3. The third kappa shape index (κ3) is 4.21. The van der Waals surface area contributed by atoms with E-state index in [2.05, 4.69) is 38.1 Å². The van der Waals surface area contributed by atoms with Gasteiger partial charge in [-0.15, -0.1) is 0 Å². The maximum Gasteiger partial charge on any atom is 0.124 e. The highest BCUT2D eigenvalue weighted by Crippen LogP contribution is 2.52. The van der Waals surface area contributed by atoms with Crippen molar-refractivity contribution in [1.29, 1.82) is 0 Å². The van der Waals surface area contributed by atoms with Crippen LogP contribution in [-0.2, 0) is 28.1 Å². The third-order valence-corrected chi connectivity index (χ3v) is 6.92. The highest BCUT2D eigenvalue weighted by Gasteiger charge is 2.42. The van der Waals surface area contributed by atoms with Crippen molar-refractivity contribution in [2.24, 2.45) is 5.41 Å². The lowest BCUT2D eigenvalue weighted by Gasteiger charge is -2.45. The van der Waals surface area contributed by atoms with Crippen molar-refractivity contribution < 1.29 is 19.7 Å². The smallest absolute Gasteiger partial charge is 0.124 e. The summed E-state index contributed by atoms with van der Waals surface area (Å²) in [6, 6.07) is 8.49. The Labute approximate surface area is 180 Å². The molecule has 0 atom stereocenters. The lowest BCUT2D eigenvalue weighted by molar-refractivity contribution is 0.176. The lowest BCUT2D eigenvalue weighted by atomic mass is 9.59. The van der Waals surface area contributed by atoms with E-state index >= 15 is 0 Å². The number of hydrogen-bond acceptors (Lipinski definition) is 4. The minimum absolute atomic E-state index is 0.169. The van der Waals surface area contributed by atoms with Crippen molar-refractivity contribution in [3.8, 4) is 11.5 Å². The Morgan fingerprint density at radius 2 is 1.13 bits per heavy atom. The number of aryl methyl sites for hydroxylation is 2. The number of aromatic hydroxyl groups is 2. The fraction of sp³-hybridized carbons (Fsp3) is 0.538. The first-order valence-corrected chi connectivity index (χ1v) is 10.8. The predicted molar refractivity (Wildman–Crippen MR) is 120 cm³/mol. The van der Waals surface area contributed by atoms with E-state index in [1.54, 1.807) is 14.2 Å². The summed E-state index contributed by atoms with van der Waals surface area (Å²) in [5, 5.41) is 21.1. The Balaban J connectivity index is 2.22. The van der Waals surface area contributed by atoms with Crippen LogP contribution in [0.25, 0.3) is 0 Å². The first-order chi connectivity index (χ1) is 14.1. The predicted octanol–water partition coefficient (Wildman–Crippen LogP) is 5.89. The van der Waals surface area contributed by atoms with Crippen molar-refractivity contribution in [3.05, 3.63) is 57.6 Å². The van der Waals surface area contributed by atoms with Crippen LogP contribution in [0, 0.1) is 19.3 Å². The van der Waals surface area contributed by atoms with E-state index in [1.807, 2.05) is 13.8 Å². The van der Waals surface area contributed by atoms with Gasteiger partial charge in [-0.1, -0.05) is 26.0 Å². The molecule has 0 heterocycles. The normalized spacial score (nSPS) is 17.8. The van der Waals surface area contributed by atoms with Gasteiger partial charge in [0.05, 0.1) is 13.2 Å². The molecule has 0 amide bonds. The molecule has 2 aromatic rings. The molecular formula is C26H36O4. The second-order valence-corrected chi connectivity index (χ2v) is 9.71. The van der Waals surface area contributed by atoms with Crippen LogP contribution < -0.4 is 0 Å². The molecule has 0 aromatic heterocycles. The molecule has 4 heteroatoms. The van der Waals surface area contributed by atoms with Gasteiger partial charge in [0, 0.05) is 30.8 Å². The first kappa shape index (κ1) is 22.6. The van der Waals surface area contributed by atoms with E-state index in [0.29, 0.717) is 30.1 Å². The minimum atomic E-state index is -0.169. The molecule has 2 N–H and O–H groups in total. The summed E-state index contributed by atoms with van der Waals surface area (Å²) in [6.07, 6.45) is 4.28. The number of phenolic OH excluding ortho intramolecular Hbond substituents is 2. The Hall–Kier alpha value is -2.04. The molecule has 4 nitrogen and oxygen atoms in total. The highest BCUT2D eigenvalue weighted by molar-refractivity contribution is 5.52. The average molecular weight is 413 g/mol. The van der Waals surface area contributed by atoms with Crippen molar-refractivity contribution in [2.45, 2.75) is 72.0 Å². The summed E-state index contributed by atoms with van der Waals surface area (Å²) in [7, 11) is 3.31. The zero-order chi connectivity index (χ0) is 22.1. The third-order valence-electron chi connectivity index (χ3n) is 6.92. The Morgan fingerprint density at radius 1 is 0.733 bits per heavy atom. The van der Waals surface area contributed by atoms with Crippen LogP contribution in [0.2, 0.25) is 0 Å². The van der Waals surface area contributed by atoms with Gasteiger partial charge in [-0.05, 0) is 79.3 Å². The second kappa shape index (κ2) is 8.60. The molecule has 0 unspecified atom stereocenters. The van der Waals surface area contributed by atoms with Gasteiger partial charge in [0.2, 0.25) is 0 Å². The van der Waals surface area contributed by atoms with Gasteiger partial charge in [-0.25, -0.2) is 0 Å². The van der Waals surface area contributed by atoms with Gasteiger partial charge in [0.1, 0.15) is 11.5 Å². The summed E-state index contributed by atoms with van der Waals surface area (Å²) < 4.78 is 10.7. The van der Waals surface area contributed by atoms with E-state index in [-0.39, 0.29) is 5.41 Å². The van der Waals surface area contributed by atoms with Gasteiger partial charge in [0.25, 0.3) is 0 Å². The molecule has 1 aliphatic rings. The summed E-state index contributed by atoms with van der Waals surface area (Å²) in [5.41, 5.74) is 5.97. The van der Waals surface area contributed by atoms with Gasteiger partial charge in [0.15, 0.2) is 0 Å². The first-order valence-electron chi connectivity index (χ1n) is 10.8. The second-order valence-electron chi connectivity index (χ2n) is 9.71. The van der Waals surface area contributed by atoms with E-state index < -0.39 is 0 Å². The van der Waals surface area contributed by atoms with Crippen LogP contribution in [0.15, 0.2) is 24.3 Å². The van der Waals surface area contributed by atoms with Crippen molar-refractivity contribution in [1.82, 2.24) is 0 Å². The molecule has 30 heavy (non-hydrogen) atoms. The molecule has 0 bridgehead atoms. The van der Waals surface area contributed by atoms with Crippen molar-refractivity contribution >= 4 is 0 Å². The fourth-order valence-electron chi connectivity index (χ4n) is 4.89. The monoisotopic (exact) mass is 412 g/mol. The van der Waals surface area contributed by atoms with Gasteiger partial charge < -0.3 is 19.7 Å². The molecule has 1 fully saturated rings. The van der Waals surface area contributed by atoms with Crippen LogP contribution in [0.3, 0.4) is 0 Å². The molecule has 0 radical (unpaired) electrons. The lowest BCUT2D eigenvalue weighted by Crippen LogP contribution is -2.36. The van der Waals surface area contributed by atoms with Crippen molar-refractivity contribution in [3.63, 3.8) is 0 Å². The summed E-state index contributed by atoms with van der Waals surface area (Å²) in [6.45, 7) is 9.35. The fourth-order valence-corrected chi connectivity index (χ4v) is 4.89. The minimum Gasteiger partial charge on any atom is -0.507 e. The number of rotatable bonds is 6. The molecule has 3 rings (SSSR count). The summed E-state index contributed by atoms with van der Waals surface area (Å²) >= 11 is 0. The number of methoxy groups -OCH3 is 2. The zero-order valence-corrected chi connectivity index (χ0v) is 19.3. The number of hydrogen-bond donors (Lipinski definition) is 2. The van der Waals surface area contributed by atoms with Gasteiger partial charge in [-0.3, -0.25) is 0 Å². The van der Waals surface area contributed by atoms with Crippen LogP contribution in [0.4, 0.5) is 0 Å². The molecule has 1 aliphatic carbocycles. The molecule has 0 saturated heterocycles. The van der Waals surface area contributed by atoms with Crippen LogP contribution >= 0.6 is 0 Å². The van der Waals surface area contributed by atoms with Crippen LogP contribution in [-0.4, -0.2) is 24.4 Å². The van der Waals surface area contributed by atoms with Gasteiger partial charge in [-0.2, -0.15) is 0 Å². The van der Waals surface area contributed by atoms with E-state index in [0.717, 1.165) is 47.9 Å². The molecular weight excluding hydrogens is 376 g/mol. The standard InChI is InChI=1S/C26H36O4/c1-17-11-21(13-19(15-29-5)23(17)27)26(9-7-25(3,4)8-10-26)22-12-18(2)24(28)20(14-22)16-30-6/h11-14,27-28H,7-10,15-16H2,1-6H3. The Morgan fingerprint density at radius 3 is 1.50 bits per heavy atom. The molecule has 164 valence electrons. The van der Waals surface area contributed by atoms with Crippen molar-refractivity contribution in [2.75, 3.05) is 14.2 Å². The Bertz CT molecular complexity index is 840. The quantitative estimate of drug-likeness (QED) is 0.621. The van der Waals surface area contributed by atoms with Gasteiger partial charge >= 0.3 is 0 Å². The summed E-state index contributed by atoms with van der Waals surface area (Å²) in [4.78, 5) is 0. The largest absolute Gasteiger partial charge is 0.507 e. The summed E-state index contributed by atoms with van der Waals surface area (Å²) in [5.74, 6) is 0.627. The topological polar surface area (TPSA) is 58.9 Å². The van der Waals surface area contributed by atoms with Crippen LogP contribution in [0.5, 0.6) is 11.5 Å². The molecule has 2 aromatic carbocycles. The van der Waals surface area contributed by atoms with E-state index in [4.69, 9.17) is 9.47 Å². The Kier molecular flexibility index (Phi) is 6.49. The maximum absolute atomic E-state index is 10.6. The maximum atomic E-state index is 10.6. The highest BCUT2D eigenvalue weighted by atomic mass is 16.5. The average Bonchev–Trinajstić information content (AvgIpc) is 2.69. The SMILES string of the molecule is COCc1cc(C2(c3cc(C)c(O)c(COC)c3)CCC(C)(C)CC2)cc(C)c1O. The molecule has 1 saturated carbocycles. The van der Waals surface area contributed by atoms with Crippen LogP contribution in [0.1, 0.15) is 72.9 Å². The number of ether oxygens (including phenoxy) is 2. The number of phenols is 2. The van der Waals surface area contributed by atoms with E-state index in [1.165, 1.54) is 11.1 Å². The van der Waals surface area contributed by atoms with E-state index in [9.17, 15) is 10.2 Å². The molecule has 0 spiro atoms. The number of benzene rings is 2.